The number of esters is 1. The number of carbonyl (C=O) groups excluding carboxylic acids is 1. The summed E-state index contributed by atoms with van der Waals surface area (Å²) < 4.78 is 14.5. The Morgan fingerprint density at radius 2 is 2.06 bits per heavy atom. The quantitative estimate of drug-likeness (QED) is 0.544. The van der Waals surface area contributed by atoms with E-state index in [0.29, 0.717) is 13.0 Å². The molecule has 0 aliphatic carbocycles. The van der Waals surface area contributed by atoms with Crippen molar-refractivity contribution in [3.05, 3.63) is 0 Å². The van der Waals surface area contributed by atoms with E-state index in [4.69, 9.17) is 19.7 Å². The zero-order valence-electron chi connectivity index (χ0n) is 10.8. The van der Waals surface area contributed by atoms with Crippen molar-refractivity contribution in [1.82, 2.24) is 0 Å². The van der Waals surface area contributed by atoms with Crippen molar-refractivity contribution in [3.8, 4) is 0 Å². The first-order valence-corrected chi connectivity index (χ1v) is 5.47. The van der Waals surface area contributed by atoms with Crippen LogP contribution in [-0.4, -0.2) is 54.5 Å². The molecule has 0 amide bonds. The average Bonchev–Trinajstić information content (AvgIpc) is 2.64. The number of carbonyl (C=O) groups is 1. The molecule has 0 unspecified atom stereocenters. The van der Waals surface area contributed by atoms with Gasteiger partial charge in [0.2, 0.25) is 0 Å². The Morgan fingerprint density at radius 3 is 2.41 bits per heavy atom. The van der Waals surface area contributed by atoms with Crippen LogP contribution in [0.4, 0.5) is 0 Å². The number of ether oxygens (including phenoxy) is 3. The maximum absolute atomic E-state index is 10.5. The lowest BCUT2D eigenvalue weighted by Gasteiger charge is -2.15. The van der Waals surface area contributed by atoms with Crippen LogP contribution in [0.25, 0.3) is 0 Å². The van der Waals surface area contributed by atoms with Gasteiger partial charge in [-0.15, -0.1) is 0 Å². The summed E-state index contributed by atoms with van der Waals surface area (Å²) in [7, 11) is 1.46. The van der Waals surface area contributed by atoms with Gasteiger partial charge in [0.25, 0.3) is 0 Å². The lowest BCUT2D eigenvalue weighted by molar-refractivity contribution is -0.155. The van der Waals surface area contributed by atoms with Gasteiger partial charge in [0.15, 0.2) is 5.79 Å². The molecule has 2 atom stereocenters. The van der Waals surface area contributed by atoms with Gasteiger partial charge in [-0.25, -0.2) is 0 Å². The van der Waals surface area contributed by atoms with Crippen molar-refractivity contribution in [2.45, 2.75) is 45.2 Å². The minimum atomic E-state index is -0.958. The Kier molecular flexibility index (Phi) is 7.29. The fourth-order valence-electron chi connectivity index (χ4n) is 1.15. The summed E-state index contributed by atoms with van der Waals surface area (Å²) in [6.07, 6.45) is 0.113. The first kappa shape index (κ1) is 16.3. The van der Waals surface area contributed by atoms with E-state index in [1.54, 1.807) is 13.8 Å². The third-order valence-electron chi connectivity index (χ3n) is 2.15. The normalized spacial score (nSPS) is 23.9. The van der Waals surface area contributed by atoms with Gasteiger partial charge in [-0.05, 0) is 13.8 Å². The fraction of sp³-hybridized carbons (Fsp3) is 0.909. The topological polar surface area (TPSA) is 85.2 Å². The first-order valence-electron chi connectivity index (χ1n) is 5.47. The van der Waals surface area contributed by atoms with Crippen molar-refractivity contribution in [3.63, 3.8) is 0 Å². The molecular weight excluding hydrogens is 228 g/mol. The van der Waals surface area contributed by atoms with Crippen molar-refractivity contribution in [1.29, 1.82) is 0 Å². The van der Waals surface area contributed by atoms with Crippen LogP contribution >= 0.6 is 0 Å². The van der Waals surface area contributed by atoms with Crippen LogP contribution in [0.5, 0.6) is 0 Å². The molecule has 1 aliphatic rings. The predicted octanol–water partition coefficient (Wildman–Crippen LogP) is 0.0605. The van der Waals surface area contributed by atoms with Crippen LogP contribution in [0.3, 0.4) is 0 Å². The largest absolute Gasteiger partial charge is 0.460 e. The van der Waals surface area contributed by atoms with Crippen molar-refractivity contribution < 1.29 is 29.2 Å². The van der Waals surface area contributed by atoms with Gasteiger partial charge in [-0.1, -0.05) is 0 Å². The van der Waals surface area contributed by atoms with Crippen molar-refractivity contribution in [2.24, 2.45) is 0 Å². The van der Waals surface area contributed by atoms with Gasteiger partial charge in [0.05, 0.1) is 13.2 Å². The second kappa shape index (κ2) is 7.60. The Morgan fingerprint density at radius 1 is 1.53 bits per heavy atom. The minimum Gasteiger partial charge on any atom is -0.460 e. The molecule has 2 N–H and O–H groups in total. The van der Waals surface area contributed by atoms with E-state index >= 15 is 0 Å². The Balaban J connectivity index is 0.000000366. The Bertz CT molecular complexity index is 222. The molecule has 0 aromatic carbocycles. The van der Waals surface area contributed by atoms with Gasteiger partial charge in [-0.3, -0.25) is 4.79 Å². The molecular formula is C11H22O6. The molecule has 17 heavy (non-hydrogen) atoms. The molecule has 1 aliphatic heterocycles. The number of aliphatic hydroxyl groups excluding tert-OH is 1. The van der Waals surface area contributed by atoms with Crippen LogP contribution in [0.1, 0.15) is 27.2 Å². The molecule has 6 heteroatoms. The van der Waals surface area contributed by atoms with Crippen LogP contribution in [0.15, 0.2) is 0 Å². The fourth-order valence-corrected chi connectivity index (χ4v) is 1.15. The molecule has 0 radical (unpaired) electrons. The first-order chi connectivity index (χ1) is 7.80. The third kappa shape index (κ3) is 8.09. The van der Waals surface area contributed by atoms with Crippen LogP contribution in [-0.2, 0) is 19.0 Å². The number of hydrogen-bond acceptors (Lipinski definition) is 6. The summed E-state index contributed by atoms with van der Waals surface area (Å²) in [4.78, 5) is 10.5. The average molecular weight is 250 g/mol. The van der Waals surface area contributed by atoms with E-state index in [1.807, 2.05) is 0 Å². The predicted molar refractivity (Wildman–Crippen MR) is 60.3 cm³/mol. The summed E-state index contributed by atoms with van der Waals surface area (Å²) in [5.41, 5.74) is 0. The lowest BCUT2D eigenvalue weighted by Crippen LogP contribution is -2.29. The van der Waals surface area contributed by atoms with Gasteiger partial charge < -0.3 is 24.4 Å². The lowest BCUT2D eigenvalue weighted by atomic mass is 10.2. The molecule has 0 aromatic heterocycles. The molecule has 0 saturated carbocycles. The van der Waals surface area contributed by atoms with E-state index < -0.39 is 5.79 Å². The summed E-state index contributed by atoms with van der Waals surface area (Å²) in [6.45, 7) is 4.98. The molecule has 0 bridgehead atoms. The highest BCUT2D eigenvalue weighted by Gasteiger charge is 2.29. The van der Waals surface area contributed by atoms with Gasteiger partial charge in [0.1, 0.15) is 12.2 Å². The maximum Gasteiger partial charge on any atom is 0.302 e. The minimum absolute atomic E-state index is 0.0854. The van der Waals surface area contributed by atoms with Gasteiger partial charge >= 0.3 is 5.97 Å². The van der Waals surface area contributed by atoms with Crippen molar-refractivity contribution in [2.75, 3.05) is 20.3 Å². The van der Waals surface area contributed by atoms with E-state index in [9.17, 15) is 4.79 Å². The second-order valence-corrected chi connectivity index (χ2v) is 4.18. The highest BCUT2D eigenvalue weighted by molar-refractivity contribution is 5.66. The Labute approximate surface area is 101 Å². The van der Waals surface area contributed by atoms with Gasteiger partial charge in [-0.2, -0.15) is 0 Å². The zero-order valence-corrected chi connectivity index (χ0v) is 10.8. The summed E-state index contributed by atoms with van der Waals surface area (Å²) in [5.74, 6) is -1.28. The van der Waals surface area contributed by atoms with E-state index in [-0.39, 0.29) is 24.8 Å². The van der Waals surface area contributed by atoms with E-state index in [1.165, 1.54) is 14.0 Å². The number of aliphatic hydroxyl groups is 2. The van der Waals surface area contributed by atoms with E-state index in [2.05, 4.69) is 4.74 Å². The van der Waals surface area contributed by atoms with Gasteiger partial charge in [0, 0.05) is 20.5 Å². The monoisotopic (exact) mass is 250 g/mol. The summed E-state index contributed by atoms with van der Waals surface area (Å²) in [6, 6.07) is 0. The number of hydrogen-bond donors (Lipinski definition) is 2. The number of methoxy groups -OCH3 is 1. The zero-order chi connectivity index (χ0) is 13.5. The smallest absolute Gasteiger partial charge is 0.302 e. The molecule has 0 spiro atoms. The van der Waals surface area contributed by atoms with Crippen LogP contribution in [0.2, 0.25) is 0 Å². The molecule has 1 fully saturated rings. The maximum atomic E-state index is 10.5. The third-order valence-corrected chi connectivity index (χ3v) is 2.15. The summed E-state index contributed by atoms with van der Waals surface area (Å²) in [5, 5.41) is 17.3. The van der Waals surface area contributed by atoms with E-state index in [0.717, 1.165) is 0 Å². The number of rotatable bonds is 3. The molecule has 102 valence electrons. The second-order valence-electron chi connectivity index (χ2n) is 4.18. The molecule has 1 saturated heterocycles. The highest BCUT2D eigenvalue weighted by Crippen LogP contribution is 2.16. The highest BCUT2D eigenvalue weighted by atomic mass is 16.6. The standard InChI is InChI=1S/C7H12O4.C4H10O2/c1-5(9)11-6-2-3-10-7(6)4-8;1-4(2,5)6-3/h6-8H,2-4H2,1H3;5H,1-3H3/t6-,7-;/m1./s1. The SMILES string of the molecule is CC(=O)O[C@@H]1CCO[C@@H]1CO.COC(C)(C)O. The van der Waals surface area contributed by atoms with Crippen LogP contribution in [0, 0.1) is 0 Å². The molecule has 0 aromatic rings. The van der Waals surface area contributed by atoms with Crippen LogP contribution < -0.4 is 0 Å². The molecule has 1 rings (SSSR count). The Hall–Kier alpha value is -0.690. The molecule has 1 heterocycles. The molecule has 6 nitrogen and oxygen atoms in total. The van der Waals surface area contributed by atoms with Crippen molar-refractivity contribution >= 4 is 5.97 Å². The summed E-state index contributed by atoms with van der Waals surface area (Å²) >= 11 is 0.